The van der Waals surface area contributed by atoms with Crippen molar-refractivity contribution in [3.63, 3.8) is 0 Å². The molecule has 7 nitrogen and oxygen atoms in total. The standard InChI is InChI=1S/C15H13ClN2O5S/c1-9-3-5-11(24(2,22)23)8-14(9)17-15(19)12-7-10(18(20)21)4-6-13(12)16/h3-8H,1-2H3,(H,17,19). The van der Waals surface area contributed by atoms with Crippen LogP contribution in [0.25, 0.3) is 0 Å². The number of non-ortho nitro benzene ring substituents is 1. The van der Waals surface area contributed by atoms with Gasteiger partial charge in [-0.3, -0.25) is 14.9 Å². The third kappa shape index (κ3) is 3.90. The number of hydrogen-bond acceptors (Lipinski definition) is 5. The van der Waals surface area contributed by atoms with Crippen LogP contribution in [0.1, 0.15) is 15.9 Å². The molecule has 24 heavy (non-hydrogen) atoms. The molecule has 2 aromatic carbocycles. The number of aryl methyl sites for hydroxylation is 1. The Morgan fingerprint density at radius 3 is 2.46 bits per heavy atom. The van der Waals surface area contributed by atoms with Gasteiger partial charge < -0.3 is 5.32 Å². The lowest BCUT2D eigenvalue weighted by atomic mass is 10.1. The molecule has 2 rings (SSSR count). The van der Waals surface area contributed by atoms with E-state index in [2.05, 4.69) is 5.32 Å². The Balaban J connectivity index is 2.40. The molecule has 0 unspecified atom stereocenters. The number of carbonyl (C=O) groups excluding carboxylic acids is 1. The van der Waals surface area contributed by atoms with Gasteiger partial charge in [-0.1, -0.05) is 17.7 Å². The summed E-state index contributed by atoms with van der Waals surface area (Å²) in [5, 5.41) is 13.4. The molecule has 0 aliphatic carbocycles. The van der Waals surface area contributed by atoms with Crippen molar-refractivity contribution < 1.29 is 18.1 Å². The van der Waals surface area contributed by atoms with Gasteiger partial charge in [0.05, 0.1) is 20.4 Å². The second-order valence-electron chi connectivity index (χ2n) is 5.12. The van der Waals surface area contributed by atoms with E-state index in [1.54, 1.807) is 13.0 Å². The van der Waals surface area contributed by atoms with Gasteiger partial charge in [0.25, 0.3) is 11.6 Å². The summed E-state index contributed by atoms with van der Waals surface area (Å²) >= 11 is 5.93. The summed E-state index contributed by atoms with van der Waals surface area (Å²) in [5.74, 6) is -0.669. The lowest BCUT2D eigenvalue weighted by Crippen LogP contribution is -2.14. The number of anilines is 1. The molecule has 0 saturated heterocycles. The van der Waals surface area contributed by atoms with Gasteiger partial charge >= 0.3 is 0 Å². The Hall–Kier alpha value is -2.45. The number of rotatable bonds is 4. The van der Waals surface area contributed by atoms with Gasteiger partial charge in [-0.15, -0.1) is 0 Å². The Morgan fingerprint density at radius 2 is 1.88 bits per heavy atom. The second kappa shape index (κ2) is 6.58. The molecular weight excluding hydrogens is 356 g/mol. The molecule has 126 valence electrons. The van der Waals surface area contributed by atoms with Crippen LogP contribution in [-0.2, 0) is 9.84 Å². The fourth-order valence-corrected chi connectivity index (χ4v) is 2.81. The summed E-state index contributed by atoms with van der Waals surface area (Å²) in [5.41, 5.74) is 0.573. The van der Waals surface area contributed by atoms with Crippen molar-refractivity contribution in [2.24, 2.45) is 0 Å². The van der Waals surface area contributed by atoms with Crippen molar-refractivity contribution in [1.29, 1.82) is 0 Å². The quantitative estimate of drug-likeness (QED) is 0.658. The van der Waals surface area contributed by atoms with E-state index in [0.717, 1.165) is 12.3 Å². The van der Waals surface area contributed by atoms with Crippen molar-refractivity contribution in [3.8, 4) is 0 Å². The second-order valence-corrected chi connectivity index (χ2v) is 7.55. The predicted molar refractivity (Wildman–Crippen MR) is 90.3 cm³/mol. The summed E-state index contributed by atoms with van der Waals surface area (Å²) in [4.78, 5) is 22.6. The molecule has 1 N–H and O–H groups in total. The van der Waals surface area contributed by atoms with E-state index in [1.165, 1.54) is 24.3 Å². The number of nitro benzene ring substituents is 1. The van der Waals surface area contributed by atoms with Crippen LogP contribution in [0.2, 0.25) is 5.02 Å². The smallest absolute Gasteiger partial charge is 0.270 e. The number of nitrogens with zero attached hydrogens (tertiary/aromatic N) is 1. The molecule has 0 heterocycles. The fourth-order valence-electron chi connectivity index (χ4n) is 1.96. The molecular formula is C15H13ClN2O5S. The minimum atomic E-state index is -3.44. The Labute approximate surface area is 143 Å². The van der Waals surface area contributed by atoms with Crippen molar-refractivity contribution >= 4 is 38.7 Å². The maximum absolute atomic E-state index is 12.4. The molecule has 0 aromatic heterocycles. The van der Waals surface area contributed by atoms with Crippen LogP contribution in [0.15, 0.2) is 41.3 Å². The Morgan fingerprint density at radius 1 is 1.21 bits per heavy atom. The molecule has 0 bridgehead atoms. The van der Waals surface area contributed by atoms with Gasteiger partial charge in [0, 0.05) is 24.1 Å². The molecule has 9 heteroatoms. The third-order valence-electron chi connectivity index (χ3n) is 3.29. The van der Waals surface area contributed by atoms with Gasteiger partial charge in [0.15, 0.2) is 9.84 Å². The summed E-state index contributed by atoms with van der Waals surface area (Å²) in [7, 11) is -3.44. The molecule has 0 spiro atoms. The zero-order valence-electron chi connectivity index (χ0n) is 12.7. The lowest BCUT2D eigenvalue weighted by molar-refractivity contribution is -0.384. The monoisotopic (exact) mass is 368 g/mol. The Kier molecular flexibility index (Phi) is 4.91. The average Bonchev–Trinajstić information content (AvgIpc) is 2.48. The summed E-state index contributed by atoms with van der Waals surface area (Å²) in [6, 6.07) is 7.83. The molecule has 0 aliphatic heterocycles. The lowest BCUT2D eigenvalue weighted by Gasteiger charge is -2.11. The molecule has 2 aromatic rings. The van der Waals surface area contributed by atoms with Gasteiger partial charge in [0.1, 0.15) is 0 Å². The summed E-state index contributed by atoms with van der Waals surface area (Å²) in [6.45, 7) is 1.69. The van der Waals surface area contributed by atoms with Crippen LogP contribution < -0.4 is 5.32 Å². The highest BCUT2D eigenvalue weighted by molar-refractivity contribution is 7.90. The predicted octanol–water partition coefficient (Wildman–Crippen LogP) is 3.21. The molecule has 0 fully saturated rings. The van der Waals surface area contributed by atoms with E-state index in [-0.39, 0.29) is 26.9 Å². The first-order valence-electron chi connectivity index (χ1n) is 6.65. The topological polar surface area (TPSA) is 106 Å². The van der Waals surface area contributed by atoms with Crippen molar-refractivity contribution in [2.45, 2.75) is 11.8 Å². The van der Waals surface area contributed by atoms with E-state index in [0.29, 0.717) is 5.56 Å². The molecule has 1 amide bonds. The highest BCUT2D eigenvalue weighted by atomic mass is 35.5. The molecule has 0 aliphatic rings. The zero-order chi connectivity index (χ0) is 18.1. The van der Waals surface area contributed by atoms with Crippen LogP contribution in [0.3, 0.4) is 0 Å². The fraction of sp³-hybridized carbons (Fsp3) is 0.133. The molecule has 0 atom stereocenters. The van der Waals surface area contributed by atoms with Crippen LogP contribution in [0, 0.1) is 17.0 Å². The summed E-state index contributed by atoms with van der Waals surface area (Å²) in [6.07, 6.45) is 1.06. The molecule has 0 radical (unpaired) electrons. The van der Waals surface area contributed by atoms with E-state index in [1.807, 2.05) is 0 Å². The number of benzene rings is 2. The molecule has 0 saturated carbocycles. The van der Waals surface area contributed by atoms with Crippen LogP contribution in [0.5, 0.6) is 0 Å². The minimum absolute atomic E-state index is 0.0496. The SMILES string of the molecule is Cc1ccc(S(C)(=O)=O)cc1NC(=O)c1cc([N+](=O)[O-])ccc1Cl. The van der Waals surface area contributed by atoms with Gasteiger partial charge in [-0.2, -0.15) is 0 Å². The average molecular weight is 369 g/mol. The largest absolute Gasteiger partial charge is 0.322 e. The maximum Gasteiger partial charge on any atom is 0.270 e. The van der Waals surface area contributed by atoms with Crippen molar-refractivity contribution in [2.75, 3.05) is 11.6 Å². The van der Waals surface area contributed by atoms with Gasteiger partial charge in [0.2, 0.25) is 0 Å². The summed E-state index contributed by atoms with van der Waals surface area (Å²) < 4.78 is 23.2. The number of halogens is 1. The van der Waals surface area contributed by atoms with Crippen molar-refractivity contribution in [1.82, 2.24) is 0 Å². The van der Waals surface area contributed by atoms with Gasteiger partial charge in [-0.05, 0) is 30.7 Å². The van der Waals surface area contributed by atoms with Crippen LogP contribution in [-0.4, -0.2) is 25.5 Å². The number of amides is 1. The number of hydrogen-bond donors (Lipinski definition) is 1. The van der Waals surface area contributed by atoms with E-state index < -0.39 is 20.7 Å². The normalized spacial score (nSPS) is 11.1. The van der Waals surface area contributed by atoms with Crippen molar-refractivity contribution in [3.05, 3.63) is 62.7 Å². The highest BCUT2D eigenvalue weighted by Gasteiger charge is 2.17. The first-order valence-corrected chi connectivity index (χ1v) is 8.92. The van der Waals surface area contributed by atoms with E-state index >= 15 is 0 Å². The zero-order valence-corrected chi connectivity index (χ0v) is 14.3. The number of carbonyl (C=O) groups is 1. The van der Waals surface area contributed by atoms with Crippen LogP contribution in [0.4, 0.5) is 11.4 Å². The number of nitrogens with one attached hydrogen (secondary N) is 1. The third-order valence-corrected chi connectivity index (χ3v) is 4.73. The van der Waals surface area contributed by atoms with E-state index in [9.17, 15) is 23.3 Å². The Bertz CT molecular complexity index is 941. The minimum Gasteiger partial charge on any atom is -0.322 e. The highest BCUT2D eigenvalue weighted by Crippen LogP contribution is 2.25. The number of nitro groups is 1. The van der Waals surface area contributed by atoms with Crippen LogP contribution >= 0.6 is 11.6 Å². The maximum atomic E-state index is 12.4. The first-order chi connectivity index (χ1) is 11.1. The van der Waals surface area contributed by atoms with E-state index in [4.69, 9.17) is 11.6 Å². The van der Waals surface area contributed by atoms with Gasteiger partial charge in [-0.25, -0.2) is 8.42 Å². The first kappa shape index (κ1) is 17.9. The number of sulfone groups is 1.